The first kappa shape index (κ1) is 22.4. The monoisotopic (exact) mass is 487 g/mol. The van der Waals surface area contributed by atoms with Gasteiger partial charge in [0.05, 0.1) is 25.9 Å². The molecule has 1 heterocycles. The van der Waals surface area contributed by atoms with E-state index in [1.54, 1.807) is 0 Å². The molecule has 1 aliphatic heterocycles. The van der Waals surface area contributed by atoms with Crippen LogP contribution in [0.2, 0.25) is 0 Å². The number of hydrogen-bond donors (Lipinski definition) is 2. The number of guanidine groups is 1. The van der Waals surface area contributed by atoms with Crippen molar-refractivity contribution < 1.29 is 9.84 Å². The zero-order valence-electron chi connectivity index (χ0n) is 16.3. The Morgan fingerprint density at radius 3 is 2.52 bits per heavy atom. The van der Waals surface area contributed by atoms with Crippen LogP contribution in [-0.2, 0) is 11.3 Å². The number of halogens is 1. The van der Waals surface area contributed by atoms with Crippen molar-refractivity contribution >= 4 is 29.9 Å². The smallest absolute Gasteiger partial charge is 0.194 e. The Labute approximate surface area is 180 Å². The third-order valence-corrected chi connectivity index (χ3v) is 5.48. The molecule has 0 bridgehead atoms. The fourth-order valence-corrected chi connectivity index (χ4v) is 4.14. The predicted molar refractivity (Wildman–Crippen MR) is 121 cm³/mol. The molecule has 1 aliphatic carbocycles. The lowest BCUT2D eigenvalue weighted by atomic mass is 9.82. The van der Waals surface area contributed by atoms with Crippen molar-refractivity contribution in [1.29, 1.82) is 0 Å². The number of rotatable bonds is 7. The van der Waals surface area contributed by atoms with Crippen LogP contribution in [0.5, 0.6) is 0 Å². The molecular formula is C21H34IN3O2. The van der Waals surface area contributed by atoms with Crippen LogP contribution in [0.3, 0.4) is 0 Å². The van der Waals surface area contributed by atoms with Crippen LogP contribution >= 0.6 is 24.0 Å². The van der Waals surface area contributed by atoms with Gasteiger partial charge in [-0.05, 0) is 37.2 Å². The van der Waals surface area contributed by atoms with E-state index in [0.717, 1.165) is 43.0 Å². The van der Waals surface area contributed by atoms with Crippen LogP contribution in [0, 0.1) is 11.8 Å². The van der Waals surface area contributed by atoms with E-state index in [1.165, 1.54) is 25.7 Å². The second-order valence-electron chi connectivity index (χ2n) is 7.56. The molecule has 152 valence electrons. The zero-order valence-corrected chi connectivity index (χ0v) is 18.7. The Kier molecular flexibility index (Phi) is 9.86. The molecule has 0 aromatic heterocycles. The van der Waals surface area contributed by atoms with Gasteiger partial charge in [-0.25, -0.2) is 0 Å². The summed E-state index contributed by atoms with van der Waals surface area (Å²) in [5, 5.41) is 13.6. The Morgan fingerprint density at radius 1 is 1.22 bits per heavy atom. The topological polar surface area (TPSA) is 57.1 Å². The first-order valence-corrected chi connectivity index (χ1v) is 10.1. The van der Waals surface area contributed by atoms with E-state index < -0.39 is 6.10 Å². The molecule has 1 aromatic carbocycles. The minimum absolute atomic E-state index is 0. The lowest BCUT2D eigenvalue weighted by Gasteiger charge is -2.22. The summed E-state index contributed by atoms with van der Waals surface area (Å²) in [6.07, 6.45) is 4.89. The molecule has 0 spiro atoms. The Hall–Kier alpha value is -0.860. The van der Waals surface area contributed by atoms with Crippen molar-refractivity contribution in [2.24, 2.45) is 16.8 Å². The van der Waals surface area contributed by atoms with E-state index in [0.29, 0.717) is 19.8 Å². The molecule has 3 unspecified atom stereocenters. The maximum Gasteiger partial charge on any atom is 0.194 e. The van der Waals surface area contributed by atoms with Gasteiger partial charge >= 0.3 is 0 Å². The molecule has 6 heteroatoms. The largest absolute Gasteiger partial charge is 0.389 e. The number of hydrogen-bond acceptors (Lipinski definition) is 3. The number of fused-ring (bicyclic) bond motifs is 1. The molecule has 2 aliphatic rings. The highest BCUT2D eigenvalue weighted by Crippen LogP contribution is 2.35. The highest BCUT2D eigenvalue weighted by atomic mass is 127. The maximum absolute atomic E-state index is 10.2. The summed E-state index contributed by atoms with van der Waals surface area (Å²) in [7, 11) is 0. The Balaban J connectivity index is 0.00000261. The van der Waals surface area contributed by atoms with Gasteiger partial charge in [-0.15, -0.1) is 24.0 Å². The zero-order chi connectivity index (χ0) is 18.2. The third kappa shape index (κ3) is 6.91. The van der Waals surface area contributed by atoms with Gasteiger partial charge in [0.2, 0.25) is 0 Å². The van der Waals surface area contributed by atoms with Crippen molar-refractivity contribution in [2.75, 3.05) is 32.8 Å². The molecule has 1 aromatic rings. The second kappa shape index (κ2) is 11.9. The Morgan fingerprint density at radius 2 is 1.89 bits per heavy atom. The number of nitrogens with one attached hydrogen (secondary N) is 1. The molecule has 3 atom stereocenters. The molecule has 0 radical (unpaired) electrons. The first-order chi connectivity index (χ1) is 12.8. The average molecular weight is 487 g/mol. The molecular weight excluding hydrogens is 453 g/mol. The van der Waals surface area contributed by atoms with E-state index in [2.05, 4.69) is 22.1 Å². The number of aliphatic hydroxyl groups excluding tert-OH is 1. The van der Waals surface area contributed by atoms with Gasteiger partial charge in [-0.1, -0.05) is 43.2 Å². The van der Waals surface area contributed by atoms with E-state index in [-0.39, 0.29) is 24.0 Å². The molecule has 27 heavy (non-hydrogen) atoms. The summed E-state index contributed by atoms with van der Waals surface area (Å²) in [5.41, 5.74) is 1.12. The van der Waals surface area contributed by atoms with Crippen LogP contribution in [0.25, 0.3) is 0 Å². The predicted octanol–water partition coefficient (Wildman–Crippen LogP) is 3.27. The number of aliphatic hydroxyl groups is 1. The quantitative estimate of drug-likeness (QED) is 0.352. The van der Waals surface area contributed by atoms with Gasteiger partial charge < -0.3 is 20.1 Å². The van der Waals surface area contributed by atoms with E-state index >= 15 is 0 Å². The molecule has 3 rings (SSSR count). The van der Waals surface area contributed by atoms with Crippen LogP contribution < -0.4 is 5.32 Å². The summed E-state index contributed by atoms with van der Waals surface area (Å²) < 4.78 is 5.62. The van der Waals surface area contributed by atoms with Gasteiger partial charge in [0.15, 0.2) is 5.96 Å². The summed E-state index contributed by atoms with van der Waals surface area (Å²) in [6, 6.07) is 10.0. The fourth-order valence-electron chi connectivity index (χ4n) is 4.14. The molecule has 2 fully saturated rings. The second-order valence-corrected chi connectivity index (χ2v) is 7.56. The molecule has 5 nitrogen and oxygen atoms in total. The lowest BCUT2D eigenvalue weighted by Crippen LogP contribution is -2.41. The van der Waals surface area contributed by atoms with Gasteiger partial charge in [-0.3, -0.25) is 4.99 Å². The number of ether oxygens (including phenoxy) is 1. The van der Waals surface area contributed by atoms with E-state index in [9.17, 15) is 5.11 Å². The van der Waals surface area contributed by atoms with Crippen LogP contribution in [-0.4, -0.2) is 54.9 Å². The van der Waals surface area contributed by atoms with Crippen LogP contribution in [0.1, 0.15) is 38.2 Å². The minimum atomic E-state index is -0.572. The van der Waals surface area contributed by atoms with Gasteiger partial charge in [-0.2, -0.15) is 0 Å². The van der Waals surface area contributed by atoms with Crippen LogP contribution in [0.4, 0.5) is 0 Å². The highest BCUT2D eigenvalue weighted by molar-refractivity contribution is 14.0. The Bertz CT molecular complexity index is 556. The number of likely N-dealkylation sites (tertiary alicyclic amines) is 1. The van der Waals surface area contributed by atoms with Crippen molar-refractivity contribution in [3.63, 3.8) is 0 Å². The third-order valence-electron chi connectivity index (χ3n) is 5.48. The maximum atomic E-state index is 10.2. The van der Waals surface area contributed by atoms with E-state index in [1.807, 2.05) is 30.3 Å². The van der Waals surface area contributed by atoms with Gasteiger partial charge in [0, 0.05) is 19.6 Å². The standard InChI is InChI=1S/C21H33N3O2.HI/c1-2-22-21(24-13-18-10-6-7-11-19(18)14-24)23-12-20(25)16-26-15-17-8-4-3-5-9-17;/h3-5,8-9,18-20,25H,2,6-7,10-16H2,1H3,(H,22,23);1H. The molecule has 1 saturated carbocycles. The van der Waals surface area contributed by atoms with Crippen molar-refractivity contribution in [2.45, 2.75) is 45.3 Å². The summed E-state index contributed by atoms with van der Waals surface area (Å²) >= 11 is 0. The number of benzene rings is 1. The minimum Gasteiger partial charge on any atom is -0.389 e. The molecule has 0 amide bonds. The summed E-state index contributed by atoms with van der Waals surface area (Å²) in [4.78, 5) is 7.07. The molecule has 1 saturated heterocycles. The molecule has 2 N–H and O–H groups in total. The summed E-state index contributed by atoms with van der Waals surface area (Å²) in [6.45, 7) is 6.38. The first-order valence-electron chi connectivity index (χ1n) is 10.1. The SMILES string of the molecule is CCNC(=NCC(O)COCc1ccccc1)N1CC2CCCCC2C1.I. The highest BCUT2D eigenvalue weighted by Gasteiger charge is 2.35. The summed E-state index contributed by atoms with van der Waals surface area (Å²) in [5.74, 6) is 2.60. The number of aliphatic imine (C=N–C) groups is 1. The van der Waals surface area contributed by atoms with Crippen LogP contribution in [0.15, 0.2) is 35.3 Å². The van der Waals surface area contributed by atoms with E-state index in [4.69, 9.17) is 4.74 Å². The van der Waals surface area contributed by atoms with Gasteiger partial charge in [0.1, 0.15) is 0 Å². The van der Waals surface area contributed by atoms with Gasteiger partial charge in [0.25, 0.3) is 0 Å². The number of nitrogens with zero attached hydrogens (tertiary/aromatic N) is 2. The lowest BCUT2D eigenvalue weighted by molar-refractivity contribution is 0.0330. The van der Waals surface area contributed by atoms with Crippen molar-refractivity contribution in [1.82, 2.24) is 10.2 Å². The fraction of sp³-hybridized carbons (Fsp3) is 0.667. The van der Waals surface area contributed by atoms with Crippen molar-refractivity contribution in [3.05, 3.63) is 35.9 Å². The normalized spacial score (nSPS) is 23.5. The average Bonchev–Trinajstić information content (AvgIpc) is 3.10. The van der Waals surface area contributed by atoms with Crippen molar-refractivity contribution in [3.8, 4) is 0 Å².